The Balaban J connectivity index is 1.42. The van der Waals surface area contributed by atoms with Crippen molar-refractivity contribution in [2.75, 3.05) is 44.7 Å². The van der Waals surface area contributed by atoms with Crippen LogP contribution in [0.15, 0.2) is 35.7 Å². The van der Waals surface area contributed by atoms with Crippen molar-refractivity contribution in [3.05, 3.63) is 41.4 Å². The van der Waals surface area contributed by atoms with Gasteiger partial charge in [0.1, 0.15) is 5.69 Å². The monoisotopic (exact) mass is 472 g/mol. The third kappa shape index (κ3) is 8.72. The maximum atomic E-state index is 12.6. The van der Waals surface area contributed by atoms with Gasteiger partial charge in [-0.3, -0.25) is 4.79 Å². The fourth-order valence-electron chi connectivity index (χ4n) is 4.58. The second-order valence-corrected chi connectivity index (χ2v) is 9.94. The topological polar surface area (TPSA) is 68.7 Å². The predicted octanol–water partition coefficient (Wildman–Crippen LogP) is 5.08. The highest BCUT2D eigenvalue weighted by atomic mass is 32.1. The molecule has 0 spiro atoms. The SMILES string of the molecule is CN(c1ccccc1)c1nc(C(=O)NCCCN(CCO)CC2CCCCCCCC2)cs1. The van der Waals surface area contributed by atoms with E-state index in [9.17, 15) is 9.90 Å². The number of hydrogen-bond donors (Lipinski definition) is 2. The van der Waals surface area contributed by atoms with E-state index in [1.807, 2.05) is 47.7 Å². The van der Waals surface area contributed by atoms with E-state index in [4.69, 9.17) is 0 Å². The Labute approximate surface area is 203 Å². The number of carbonyl (C=O) groups excluding carboxylic acids is 1. The average molecular weight is 473 g/mol. The van der Waals surface area contributed by atoms with Gasteiger partial charge in [-0.1, -0.05) is 56.7 Å². The third-order valence-electron chi connectivity index (χ3n) is 6.50. The third-order valence-corrected chi connectivity index (χ3v) is 7.42. The highest BCUT2D eigenvalue weighted by molar-refractivity contribution is 7.14. The molecule has 7 heteroatoms. The molecule has 6 nitrogen and oxygen atoms in total. The summed E-state index contributed by atoms with van der Waals surface area (Å²) in [7, 11) is 1.96. The molecule has 1 aliphatic carbocycles. The summed E-state index contributed by atoms with van der Waals surface area (Å²) in [4.78, 5) is 21.5. The largest absolute Gasteiger partial charge is 0.395 e. The minimum absolute atomic E-state index is 0.121. The molecule has 1 saturated carbocycles. The fourth-order valence-corrected chi connectivity index (χ4v) is 5.37. The number of aliphatic hydroxyl groups excluding tert-OH is 1. The lowest BCUT2D eigenvalue weighted by Gasteiger charge is -2.27. The Morgan fingerprint density at radius 1 is 1.09 bits per heavy atom. The van der Waals surface area contributed by atoms with Crippen LogP contribution in [-0.4, -0.2) is 60.7 Å². The first-order chi connectivity index (χ1) is 16.2. The lowest BCUT2D eigenvalue weighted by molar-refractivity contribution is 0.0945. The van der Waals surface area contributed by atoms with Gasteiger partial charge in [-0.05, 0) is 43.9 Å². The van der Waals surface area contributed by atoms with E-state index in [1.54, 1.807) is 0 Å². The van der Waals surface area contributed by atoms with Crippen LogP contribution in [0.4, 0.5) is 10.8 Å². The van der Waals surface area contributed by atoms with E-state index in [0.717, 1.165) is 36.2 Å². The van der Waals surface area contributed by atoms with E-state index >= 15 is 0 Å². The second kappa shape index (κ2) is 14.3. The molecule has 3 rings (SSSR count). The van der Waals surface area contributed by atoms with E-state index in [1.165, 1.54) is 62.7 Å². The van der Waals surface area contributed by atoms with Crippen molar-refractivity contribution in [3.8, 4) is 0 Å². The van der Waals surface area contributed by atoms with Gasteiger partial charge < -0.3 is 20.2 Å². The van der Waals surface area contributed by atoms with Crippen molar-refractivity contribution < 1.29 is 9.90 Å². The van der Waals surface area contributed by atoms with Crippen LogP contribution in [0, 0.1) is 5.92 Å². The van der Waals surface area contributed by atoms with Crippen LogP contribution < -0.4 is 10.2 Å². The van der Waals surface area contributed by atoms with Gasteiger partial charge in [0, 0.05) is 37.7 Å². The van der Waals surface area contributed by atoms with Crippen molar-refractivity contribution in [3.63, 3.8) is 0 Å². The minimum atomic E-state index is -0.121. The van der Waals surface area contributed by atoms with Gasteiger partial charge in [-0.15, -0.1) is 11.3 Å². The molecule has 0 aliphatic heterocycles. The molecule has 0 bridgehead atoms. The Bertz CT molecular complexity index is 804. The van der Waals surface area contributed by atoms with Crippen molar-refractivity contribution in [2.45, 2.75) is 57.8 Å². The van der Waals surface area contributed by atoms with Crippen LogP contribution >= 0.6 is 11.3 Å². The molecule has 1 aliphatic rings. The lowest BCUT2D eigenvalue weighted by Crippen LogP contribution is -2.35. The predicted molar refractivity (Wildman–Crippen MR) is 138 cm³/mol. The number of nitrogens with one attached hydrogen (secondary N) is 1. The molecule has 1 heterocycles. The van der Waals surface area contributed by atoms with Gasteiger partial charge >= 0.3 is 0 Å². The molecule has 1 aromatic heterocycles. The van der Waals surface area contributed by atoms with Crippen LogP contribution in [-0.2, 0) is 0 Å². The van der Waals surface area contributed by atoms with Gasteiger partial charge in [0.05, 0.1) is 6.61 Å². The van der Waals surface area contributed by atoms with Crippen molar-refractivity contribution in [2.24, 2.45) is 5.92 Å². The quantitative estimate of drug-likeness (QED) is 0.447. The summed E-state index contributed by atoms with van der Waals surface area (Å²) < 4.78 is 0. The number of hydrogen-bond acceptors (Lipinski definition) is 6. The number of aliphatic hydroxyl groups is 1. The number of para-hydroxylation sites is 1. The zero-order valence-electron chi connectivity index (χ0n) is 20.0. The molecule has 2 aromatic rings. The van der Waals surface area contributed by atoms with E-state index in [-0.39, 0.29) is 12.5 Å². The Morgan fingerprint density at radius 2 is 1.79 bits per heavy atom. The Kier molecular flexibility index (Phi) is 11.1. The van der Waals surface area contributed by atoms with Crippen molar-refractivity contribution >= 4 is 28.1 Å². The molecule has 1 aromatic carbocycles. The molecular formula is C26H40N4O2S. The molecular weight excluding hydrogens is 432 g/mol. The summed E-state index contributed by atoms with van der Waals surface area (Å²) in [5.41, 5.74) is 1.51. The highest BCUT2D eigenvalue weighted by Crippen LogP contribution is 2.26. The number of anilines is 2. The summed E-state index contributed by atoms with van der Waals surface area (Å²) in [6.07, 6.45) is 11.7. The number of aromatic nitrogens is 1. The first kappa shape index (κ1) is 25.7. The Morgan fingerprint density at radius 3 is 2.48 bits per heavy atom. The van der Waals surface area contributed by atoms with Gasteiger partial charge in [0.25, 0.3) is 5.91 Å². The van der Waals surface area contributed by atoms with Crippen LogP contribution in [0.25, 0.3) is 0 Å². The molecule has 1 fully saturated rings. The van der Waals surface area contributed by atoms with Gasteiger partial charge in [-0.25, -0.2) is 4.98 Å². The molecule has 0 saturated heterocycles. The molecule has 0 atom stereocenters. The maximum absolute atomic E-state index is 12.6. The number of carbonyl (C=O) groups is 1. The number of nitrogens with zero attached hydrogens (tertiary/aromatic N) is 3. The van der Waals surface area contributed by atoms with Gasteiger partial charge in [-0.2, -0.15) is 0 Å². The fraction of sp³-hybridized carbons (Fsp3) is 0.615. The molecule has 0 unspecified atom stereocenters. The van der Waals surface area contributed by atoms with Crippen LogP contribution in [0.5, 0.6) is 0 Å². The summed E-state index contributed by atoms with van der Waals surface area (Å²) in [6, 6.07) is 10.0. The zero-order chi connectivity index (χ0) is 23.3. The number of benzene rings is 1. The van der Waals surface area contributed by atoms with E-state index in [2.05, 4.69) is 15.2 Å². The number of rotatable bonds is 11. The Hall–Kier alpha value is -1.96. The lowest BCUT2D eigenvalue weighted by atomic mass is 9.96. The van der Waals surface area contributed by atoms with Crippen LogP contribution in [0.2, 0.25) is 0 Å². The summed E-state index contributed by atoms with van der Waals surface area (Å²) >= 11 is 1.47. The van der Waals surface area contributed by atoms with Gasteiger partial charge in [0.15, 0.2) is 5.13 Å². The van der Waals surface area contributed by atoms with Crippen molar-refractivity contribution in [1.29, 1.82) is 0 Å². The molecule has 0 radical (unpaired) electrons. The number of amides is 1. The van der Waals surface area contributed by atoms with Gasteiger partial charge in [0.2, 0.25) is 0 Å². The second-order valence-electron chi connectivity index (χ2n) is 9.11. The molecule has 2 N–H and O–H groups in total. The summed E-state index contributed by atoms with van der Waals surface area (Å²) in [5.74, 6) is 0.614. The average Bonchev–Trinajstić information content (AvgIpc) is 3.37. The maximum Gasteiger partial charge on any atom is 0.270 e. The van der Waals surface area contributed by atoms with Crippen LogP contribution in [0.3, 0.4) is 0 Å². The number of thiazole rings is 1. The standard InChI is InChI=1S/C26H40N4O2S/c1-29(23-14-9-6-10-15-23)26-28-24(21-33-26)25(32)27-16-11-17-30(18-19-31)20-22-12-7-4-2-3-5-8-13-22/h6,9-10,14-15,21-22,31H,2-5,7-8,11-13,16-20H2,1H3,(H,27,32). The summed E-state index contributed by atoms with van der Waals surface area (Å²) in [6.45, 7) is 3.49. The minimum Gasteiger partial charge on any atom is -0.395 e. The zero-order valence-corrected chi connectivity index (χ0v) is 20.9. The molecule has 182 valence electrons. The van der Waals surface area contributed by atoms with E-state index in [0.29, 0.717) is 18.8 Å². The van der Waals surface area contributed by atoms with E-state index < -0.39 is 0 Å². The van der Waals surface area contributed by atoms with Crippen molar-refractivity contribution in [1.82, 2.24) is 15.2 Å². The molecule has 33 heavy (non-hydrogen) atoms. The first-order valence-corrected chi connectivity index (χ1v) is 13.4. The normalized spacial score (nSPS) is 15.6. The highest BCUT2D eigenvalue weighted by Gasteiger charge is 2.16. The smallest absolute Gasteiger partial charge is 0.270 e. The first-order valence-electron chi connectivity index (χ1n) is 12.5. The van der Waals surface area contributed by atoms with Crippen LogP contribution in [0.1, 0.15) is 68.3 Å². The molecule has 1 amide bonds. The summed E-state index contributed by atoms with van der Waals surface area (Å²) in [5, 5.41) is 15.1.